The largest absolute Gasteiger partial charge is 0.377 e. The van der Waals surface area contributed by atoms with Crippen LogP contribution in [0, 0.1) is 11.3 Å². The predicted octanol–water partition coefficient (Wildman–Crippen LogP) is 2.88. The van der Waals surface area contributed by atoms with Gasteiger partial charge in [-0.05, 0) is 39.2 Å². The van der Waals surface area contributed by atoms with Gasteiger partial charge in [-0.2, -0.15) is 0 Å². The molecule has 2 rings (SSSR count). The average Bonchev–Trinajstić information content (AvgIpc) is 2.36. The Bertz CT molecular complexity index is 312. The summed E-state index contributed by atoms with van der Waals surface area (Å²) in [6.07, 6.45) is 6.10. The molecule has 0 bridgehead atoms. The van der Waals surface area contributed by atoms with Crippen LogP contribution < -0.4 is 0 Å². The first kappa shape index (κ1) is 15.0. The van der Waals surface area contributed by atoms with Gasteiger partial charge in [-0.25, -0.2) is 0 Å². The van der Waals surface area contributed by atoms with Gasteiger partial charge < -0.3 is 9.64 Å². The second-order valence-electron chi connectivity index (χ2n) is 6.82. The Kier molecular flexibility index (Phi) is 5.02. The Morgan fingerprint density at radius 2 is 2.11 bits per heavy atom. The number of carbonyl (C=O) groups is 1. The number of nitrogens with zero attached hydrogens (tertiary/aromatic N) is 1. The van der Waals surface area contributed by atoms with E-state index in [0.717, 1.165) is 39.1 Å². The third-order valence-electron chi connectivity index (χ3n) is 4.74. The number of hydrogen-bond acceptors (Lipinski definition) is 3. The van der Waals surface area contributed by atoms with Crippen LogP contribution in [-0.2, 0) is 9.53 Å². The zero-order chi connectivity index (χ0) is 13.9. The molecular weight excluding hydrogens is 238 g/mol. The molecule has 1 aliphatic carbocycles. The van der Waals surface area contributed by atoms with Gasteiger partial charge in [0.25, 0.3) is 0 Å². The minimum absolute atomic E-state index is 0.0992. The van der Waals surface area contributed by atoms with Crippen LogP contribution in [-0.4, -0.2) is 43.0 Å². The molecule has 1 saturated carbocycles. The summed E-state index contributed by atoms with van der Waals surface area (Å²) in [5.41, 5.74) is -0.0992. The van der Waals surface area contributed by atoms with E-state index in [1.54, 1.807) is 0 Å². The number of ketones is 1. The van der Waals surface area contributed by atoms with Gasteiger partial charge in [0.1, 0.15) is 5.78 Å². The lowest BCUT2D eigenvalue weighted by Gasteiger charge is -2.38. The minimum atomic E-state index is -0.0992. The van der Waals surface area contributed by atoms with E-state index in [1.165, 1.54) is 19.3 Å². The second kappa shape index (κ2) is 6.36. The molecule has 2 aliphatic rings. The number of piperidine rings is 1. The molecule has 1 saturated heterocycles. The van der Waals surface area contributed by atoms with Crippen molar-refractivity contribution >= 4 is 5.78 Å². The fourth-order valence-corrected chi connectivity index (χ4v) is 3.63. The highest BCUT2D eigenvalue weighted by Gasteiger charge is 2.38. The average molecular weight is 267 g/mol. The highest BCUT2D eigenvalue weighted by atomic mass is 16.5. The molecule has 3 heteroatoms. The van der Waals surface area contributed by atoms with Crippen molar-refractivity contribution in [2.75, 3.05) is 26.2 Å². The maximum Gasteiger partial charge on any atom is 0.142 e. The van der Waals surface area contributed by atoms with Crippen molar-refractivity contribution in [3.8, 4) is 0 Å². The van der Waals surface area contributed by atoms with Crippen molar-refractivity contribution < 1.29 is 9.53 Å². The van der Waals surface area contributed by atoms with Crippen molar-refractivity contribution in [3.63, 3.8) is 0 Å². The van der Waals surface area contributed by atoms with Crippen LogP contribution in [0.4, 0.5) is 0 Å². The Hall–Kier alpha value is -0.410. The SMILES string of the molecule is CCOC1CCCN(CC2CCCC(C)(C)C2=O)C1. The van der Waals surface area contributed by atoms with E-state index < -0.39 is 0 Å². The molecular formula is C16H29NO2. The first-order valence-corrected chi connectivity index (χ1v) is 7.91. The van der Waals surface area contributed by atoms with Gasteiger partial charge in [-0.3, -0.25) is 4.79 Å². The first-order valence-electron chi connectivity index (χ1n) is 7.91. The Morgan fingerprint density at radius 3 is 2.84 bits per heavy atom. The number of rotatable bonds is 4. The molecule has 1 aliphatic heterocycles. The second-order valence-corrected chi connectivity index (χ2v) is 6.82. The summed E-state index contributed by atoms with van der Waals surface area (Å²) in [5.74, 6) is 0.737. The van der Waals surface area contributed by atoms with Crippen LogP contribution in [0.3, 0.4) is 0 Å². The lowest BCUT2D eigenvalue weighted by molar-refractivity contribution is -0.135. The van der Waals surface area contributed by atoms with Crippen LogP contribution in [0.25, 0.3) is 0 Å². The van der Waals surface area contributed by atoms with Gasteiger partial charge in [0.05, 0.1) is 6.10 Å². The normalized spacial score (nSPS) is 32.5. The number of carbonyl (C=O) groups excluding carboxylic acids is 1. The molecule has 2 fully saturated rings. The van der Waals surface area contributed by atoms with Crippen LogP contribution in [0.15, 0.2) is 0 Å². The summed E-state index contributed by atoms with van der Waals surface area (Å²) >= 11 is 0. The predicted molar refractivity (Wildman–Crippen MR) is 77.2 cm³/mol. The summed E-state index contributed by atoms with van der Waals surface area (Å²) in [5, 5.41) is 0. The molecule has 1 heterocycles. The van der Waals surface area contributed by atoms with Crippen molar-refractivity contribution in [1.82, 2.24) is 4.90 Å². The molecule has 110 valence electrons. The lowest BCUT2D eigenvalue weighted by atomic mass is 9.71. The monoisotopic (exact) mass is 267 g/mol. The number of ether oxygens (including phenoxy) is 1. The van der Waals surface area contributed by atoms with Gasteiger partial charge in [0.2, 0.25) is 0 Å². The molecule has 2 atom stereocenters. The molecule has 0 radical (unpaired) electrons. The molecule has 0 N–H and O–H groups in total. The third kappa shape index (κ3) is 3.79. The van der Waals surface area contributed by atoms with Crippen molar-refractivity contribution in [2.45, 2.75) is 59.0 Å². The summed E-state index contributed by atoms with van der Waals surface area (Å²) in [6.45, 7) is 10.2. The summed E-state index contributed by atoms with van der Waals surface area (Å²) in [7, 11) is 0. The quantitative estimate of drug-likeness (QED) is 0.784. The summed E-state index contributed by atoms with van der Waals surface area (Å²) < 4.78 is 5.74. The van der Waals surface area contributed by atoms with Crippen LogP contribution in [0.2, 0.25) is 0 Å². The molecule has 0 aromatic carbocycles. The van der Waals surface area contributed by atoms with E-state index in [1.807, 2.05) is 0 Å². The first-order chi connectivity index (χ1) is 9.03. The van der Waals surface area contributed by atoms with E-state index in [-0.39, 0.29) is 11.3 Å². The topological polar surface area (TPSA) is 29.5 Å². The maximum atomic E-state index is 12.5. The van der Waals surface area contributed by atoms with Crippen molar-refractivity contribution in [3.05, 3.63) is 0 Å². The maximum absolute atomic E-state index is 12.5. The van der Waals surface area contributed by atoms with E-state index in [0.29, 0.717) is 11.9 Å². The number of Topliss-reactive ketones (excluding diaryl/α,β-unsaturated/α-hetero) is 1. The molecule has 19 heavy (non-hydrogen) atoms. The molecule has 0 aromatic rings. The summed E-state index contributed by atoms with van der Waals surface area (Å²) in [6, 6.07) is 0. The van der Waals surface area contributed by atoms with Gasteiger partial charge in [0.15, 0.2) is 0 Å². The van der Waals surface area contributed by atoms with Crippen molar-refractivity contribution in [2.24, 2.45) is 11.3 Å². The van der Waals surface area contributed by atoms with Gasteiger partial charge in [-0.15, -0.1) is 0 Å². The third-order valence-corrected chi connectivity index (χ3v) is 4.74. The zero-order valence-corrected chi connectivity index (χ0v) is 12.8. The summed E-state index contributed by atoms with van der Waals surface area (Å²) in [4.78, 5) is 14.9. The van der Waals surface area contributed by atoms with Crippen molar-refractivity contribution in [1.29, 1.82) is 0 Å². The van der Waals surface area contributed by atoms with E-state index in [2.05, 4.69) is 25.7 Å². The van der Waals surface area contributed by atoms with Gasteiger partial charge in [-0.1, -0.05) is 20.3 Å². The Balaban J connectivity index is 1.88. The van der Waals surface area contributed by atoms with Crippen LogP contribution >= 0.6 is 0 Å². The molecule has 0 spiro atoms. The fourth-order valence-electron chi connectivity index (χ4n) is 3.63. The van der Waals surface area contributed by atoms with E-state index in [4.69, 9.17) is 4.74 Å². The highest BCUT2D eigenvalue weighted by Crippen LogP contribution is 2.36. The highest BCUT2D eigenvalue weighted by molar-refractivity contribution is 5.87. The van der Waals surface area contributed by atoms with Crippen LogP contribution in [0.5, 0.6) is 0 Å². The van der Waals surface area contributed by atoms with E-state index >= 15 is 0 Å². The minimum Gasteiger partial charge on any atom is -0.377 e. The molecule has 3 nitrogen and oxygen atoms in total. The van der Waals surface area contributed by atoms with Gasteiger partial charge >= 0.3 is 0 Å². The molecule has 2 unspecified atom stereocenters. The zero-order valence-electron chi connectivity index (χ0n) is 12.8. The Labute approximate surface area is 117 Å². The smallest absolute Gasteiger partial charge is 0.142 e. The van der Waals surface area contributed by atoms with Crippen LogP contribution in [0.1, 0.15) is 52.9 Å². The fraction of sp³-hybridized carbons (Fsp3) is 0.938. The molecule has 0 aromatic heterocycles. The van der Waals surface area contributed by atoms with Gasteiger partial charge in [0, 0.05) is 31.0 Å². The lowest BCUT2D eigenvalue weighted by Crippen LogP contribution is -2.46. The number of likely N-dealkylation sites (tertiary alicyclic amines) is 1. The number of hydrogen-bond donors (Lipinski definition) is 0. The Morgan fingerprint density at radius 1 is 1.32 bits per heavy atom. The van der Waals surface area contributed by atoms with E-state index in [9.17, 15) is 4.79 Å². The standard InChI is InChI=1S/C16H29NO2/c1-4-19-14-8-6-10-17(12-14)11-13-7-5-9-16(2,3)15(13)18/h13-14H,4-12H2,1-3H3. The molecule has 0 amide bonds.